The number of pyridine rings is 1. The molecule has 0 aromatic carbocycles. The highest BCUT2D eigenvalue weighted by atomic mass is 16.5. The molecular formula is C26H43NO4. The van der Waals surface area contributed by atoms with Gasteiger partial charge in [-0.2, -0.15) is 0 Å². The first-order valence-electron chi connectivity index (χ1n) is 12.0. The van der Waals surface area contributed by atoms with Crippen LogP contribution in [0.3, 0.4) is 0 Å². The van der Waals surface area contributed by atoms with Crippen LogP contribution in [0.25, 0.3) is 0 Å². The first-order chi connectivity index (χ1) is 14.7. The Balaban J connectivity index is 2.30. The van der Waals surface area contributed by atoms with Gasteiger partial charge in [0.1, 0.15) is 11.4 Å². The fourth-order valence-electron chi connectivity index (χ4n) is 3.71. The lowest BCUT2D eigenvalue weighted by Crippen LogP contribution is -2.19. The van der Waals surface area contributed by atoms with Crippen molar-refractivity contribution in [3.05, 3.63) is 29.6 Å². The van der Waals surface area contributed by atoms with Crippen LogP contribution in [0.15, 0.2) is 18.2 Å². The van der Waals surface area contributed by atoms with Crippen molar-refractivity contribution in [3.63, 3.8) is 0 Å². The van der Waals surface area contributed by atoms with Crippen LogP contribution in [0.4, 0.5) is 0 Å². The molecule has 1 aromatic rings. The van der Waals surface area contributed by atoms with Gasteiger partial charge in [-0.05, 0) is 36.3 Å². The molecule has 1 heterocycles. The van der Waals surface area contributed by atoms with E-state index in [1.807, 2.05) is 0 Å². The third-order valence-corrected chi connectivity index (χ3v) is 5.11. The van der Waals surface area contributed by atoms with Gasteiger partial charge in [0.2, 0.25) is 0 Å². The molecule has 1 unspecified atom stereocenters. The fourth-order valence-corrected chi connectivity index (χ4v) is 3.71. The number of hydrogen-bond donors (Lipinski definition) is 0. The van der Waals surface area contributed by atoms with Crippen LogP contribution in [0, 0.1) is 11.3 Å². The highest BCUT2D eigenvalue weighted by molar-refractivity contribution is 5.91. The van der Waals surface area contributed by atoms with E-state index in [0.29, 0.717) is 13.2 Å². The van der Waals surface area contributed by atoms with E-state index in [-0.39, 0.29) is 22.7 Å². The van der Waals surface area contributed by atoms with Gasteiger partial charge >= 0.3 is 11.9 Å². The Morgan fingerprint density at radius 2 is 1.39 bits per heavy atom. The van der Waals surface area contributed by atoms with Crippen LogP contribution in [0.2, 0.25) is 0 Å². The Morgan fingerprint density at radius 3 is 1.94 bits per heavy atom. The third-order valence-electron chi connectivity index (χ3n) is 5.11. The average molecular weight is 434 g/mol. The van der Waals surface area contributed by atoms with E-state index in [1.54, 1.807) is 18.2 Å². The lowest BCUT2D eigenvalue weighted by molar-refractivity contribution is 0.0412. The van der Waals surface area contributed by atoms with Gasteiger partial charge in [-0.1, -0.05) is 92.1 Å². The van der Waals surface area contributed by atoms with Crippen molar-refractivity contribution >= 4 is 11.9 Å². The predicted molar refractivity (Wildman–Crippen MR) is 125 cm³/mol. The third kappa shape index (κ3) is 13.2. The lowest BCUT2D eigenvalue weighted by atomic mass is 9.86. The van der Waals surface area contributed by atoms with E-state index in [1.165, 1.54) is 44.9 Å². The summed E-state index contributed by atoms with van der Waals surface area (Å²) in [5, 5.41) is 0. The molecule has 0 bridgehead atoms. The van der Waals surface area contributed by atoms with Crippen molar-refractivity contribution in [2.24, 2.45) is 11.3 Å². The predicted octanol–water partition coefficient (Wildman–Crippen LogP) is 7.00. The fraction of sp³-hybridized carbons (Fsp3) is 0.731. The minimum absolute atomic E-state index is 0.139. The normalized spacial score (nSPS) is 12.4. The molecule has 0 aliphatic rings. The zero-order chi connectivity index (χ0) is 23.1. The van der Waals surface area contributed by atoms with Crippen molar-refractivity contribution in [1.82, 2.24) is 4.98 Å². The Morgan fingerprint density at radius 1 is 0.871 bits per heavy atom. The van der Waals surface area contributed by atoms with E-state index in [2.05, 4.69) is 39.6 Å². The second-order valence-electron chi connectivity index (χ2n) is 9.84. The minimum atomic E-state index is -0.505. The number of unbranched alkanes of at least 4 members (excludes halogenated alkanes) is 8. The molecule has 5 heteroatoms. The van der Waals surface area contributed by atoms with Gasteiger partial charge in [0.15, 0.2) is 0 Å². The molecule has 0 N–H and O–H groups in total. The van der Waals surface area contributed by atoms with Crippen LogP contribution in [0.1, 0.15) is 120 Å². The first kappa shape index (κ1) is 27.1. The van der Waals surface area contributed by atoms with Crippen LogP contribution in [0.5, 0.6) is 0 Å². The number of hydrogen-bond acceptors (Lipinski definition) is 5. The number of carbonyl (C=O) groups is 2. The number of nitrogens with zero attached hydrogens (tertiary/aromatic N) is 1. The second kappa shape index (κ2) is 15.0. The summed E-state index contributed by atoms with van der Waals surface area (Å²) in [5.41, 5.74) is 0.469. The van der Waals surface area contributed by atoms with Gasteiger partial charge in [-0.25, -0.2) is 14.6 Å². The SMILES string of the molecule is CCCCCCCCCCCOC(=O)c1cccc(C(=O)OCC(C)CC(C)(C)C)n1. The summed E-state index contributed by atoms with van der Waals surface area (Å²) in [4.78, 5) is 28.7. The molecule has 176 valence electrons. The summed E-state index contributed by atoms with van der Waals surface area (Å²) in [6, 6.07) is 4.77. The lowest BCUT2D eigenvalue weighted by Gasteiger charge is -2.22. The molecule has 31 heavy (non-hydrogen) atoms. The van der Waals surface area contributed by atoms with Gasteiger partial charge in [0, 0.05) is 0 Å². The molecular weight excluding hydrogens is 390 g/mol. The molecule has 1 atom stereocenters. The van der Waals surface area contributed by atoms with Crippen molar-refractivity contribution in [2.45, 2.75) is 98.8 Å². The molecule has 0 aliphatic carbocycles. The zero-order valence-corrected chi connectivity index (χ0v) is 20.4. The first-order valence-corrected chi connectivity index (χ1v) is 12.0. The van der Waals surface area contributed by atoms with Crippen LogP contribution in [-0.2, 0) is 9.47 Å². The smallest absolute Gasteiger partial charge is 0.356 e. The van der Waals surface area contributed by atoms with Crippen molar-refractivity contribution in [2.75, 3.05) is 13.2 Å². The number of esters is 2. The van der Waals surface area contributed by atoms with Gasteiger partial charge in [0.25, 0.3) is 0 Å². The second-order valence-corrected chi connectivity index (χ2v) is 9.84. The van der Waals surface area contributed by atoms with E-state index in [0.717, 1.165) is 19.3 Å². The maximum atomic E-state index is 12.3. The quantitative estimate of drug-likeness (QED) is 0.220. The molecule has 0 saturated heterocycles. The largest absolute Gasteiger partial charge is 0.461 e. The van der Waals surface area contributed by atoms with E-state index >= 15 is 0 Å². The van der Waals surface area contributed by atoms with Gasteiger partial charge in [-0.15, -0.1) is 0 Å². The number of carbonyl (C=O) groups excluding carboxylic acids is 2. The van der Waals surface area contributed by atoms with E-state index in [9.17, 15) is 9.59 Å². The van der Waals surface area contributed by atoms with Crippen molar-refractivity contribution < 1.29 is 19.1 Å². The molecule has 0 saturated carbocycles. The van der Waals surface area contributed by atoms with Crippen molar-refractivity contribution in [3.8, 4) is 0 Å². The summed E-state index contributed by atoms with van der Waals surface area (Å²) in [5.74, 6) is -0.738. The zero-order valence-electron chi connectivity index (χ0n) is 20.4. The Labute approximate surface area is 189 Å². The van der Waals surface area contributed by atoms with Crippen LogP contribution < -0.4 is 0 Å². The summed E-state index contributed by atoms with van der Waals surface area (Å²) in [6.07, 6.45) is 11.9. The maximum Gasteiger partial charge on any atom is 0.356 e. The Hall–Kier alpha value is -1.91. The summed E-state index contributed by atoms with van der Waals surface area (Å²) >= 11 is 0. The molecule has 0 spiro atoms. The van der Waals surface area contributed by atoms with Gasteiger partial charge < -0.3 is 9.47 Å². The molecule has 5 nitrogen and oxygen atoms in total. The van der Waals surface area contributed by atoms with E-state index < -0.39 is 11.9 Å². The Bertz CT molecular complexity index is 651. The minimum Gasteiger partial charge on any atom is -0.461 e. The molecule has 1 rings (SSSR count). The highest BCUT2D eigenvalue weighted by Gasteiger charge is 2.18. The van der Waals surface area contributed by atoms with Crippen LogP contribution in [-0.4, -0.2) is 30.1 Å². The highest BCUT2D eigenvalue weighted by Crippen LogP contribution is 2.24. The van der Waals surface area contributed by atoms with E-state index in [4.69, 9.17) is 9.47 Å². The molecule has 0 amide bonds. The average Bonchev–Trinajstić information content (AvgIpc) is 2.72. The summed E-state index contributed by atoms with van der Waals surface area (Å²) in [7, 11) is 0. The maximum absolute atomic E-state index is 12.3. The topological polar surface area (TPSA) is 65.5 Å². The number of ether oxygens (including phenoxy) is 2. The number of rotatable bonds is 15. The van der Waals surface area contributed by atoms with Crippen molar-refractivity contribution in [1.29, 1.82) is 0 Å². The van der Waals surface area contributed by atoms with Crippen LogP contribution >= 0.6 is 0 Å². The van der Waals surface area contributed by atoms with Gasteiger partial charge in [-0.3, -0.25) is 0 Å². The Kier molecular flexibility index (Phi) is 13.1. The summed E-state index contributed by atoms with van der Waals surface area (Å²) in [6.45, 7) is 11.5. The monoisotopic (exact) mass is 433 g/mol. The number of aromatic nitrogens is 1. The molecule has 0 aliphatic heterocycles. The van der Waals surface area contributed by atoms with Gasteiger partial charge in [0.05, 0.1) is 13.2 Å². The molecule has 0 radical (unpaired) electrons. The standard InChI is InChI=1S/C26H43NO4/c1-6-7-8-9-10-11-12-13-14-18-30-24(28)22-16-15-17-23(27-22)25(29)31-20-21(2)19-26(3,4)5/h15-17,21H,6-14,18-20H2,1-5H3. The molecule has 0 fully saturated rings. The molecule has 1 aromatic heterocycles. The summed E-state index contributed by atoms with van der Waals surface area (Å²) < 4.78 is 10.7.